The first kappa shape index (κ1) is 29.8. The molecule has 2 unspecified atom stereocenters. The zero-order chi connectivity index (χ0) is 26.9. The second kappa shape index (κ2) is 13.2. The zero-order valence-electron chi connectivity index (χ0n) is 22.2. The fourth-order valence-corrected chi connectivity index (χ4v) is 4.91. The van der Waals surface area contributed by atoms with Gasteiger partial charge in [-0.05, 0) is 61.9 Å². The van der Waals surface area contributed by atoms with Crippen molar-refractivity contribution in [1.29, 1.82) is 0 Å². The van der Waals surface area contributed by atoms with Gasteiger partial charge in [0, 0.05) is 24.7 Å². The van der Waals surface area contributed by atoms with Gasteiger partial charge < -0.3 is 20.5 Å². The van der Waals surface area contributed by atoms with E-state index in [-0.39, 0.29) is 42.1 Å². The van der Waals surface area contributed by atoms with Crippen LogP contribution in [0.1, 0.15) is 64.2 Å². The Morgan fingerprint density at radius 1 is 1.06 bits per heavy atom. The van der Waals surface area contributed by atoms with Gasteiger partial charge in [0.05, 0.1) is 11.0 Å². The number of benzene rings is 2. The third-order valence-electron chi connectivity index (χ3n) is 5.51. The van der Waals surface area contributed by atoms with Crippen molar-refractivity contribution in [3.05, 3.63) is 65.2 Å². The van der Waals surface area contributed by atoms with Crippen LogP contribution in [0, 0.1) is 0 Å². The lowest BCUT2D eigenvalue weighted by atomic mass is 9.97. The molecule has 0 spiro atoms. The number of ether oxygens (including phenoxy) is 1. The molecule has 0 bridgehead atoms. The highest BCUT2D eigenvalue weighted by atomic mass is 32.2. The molecule has 0 aliphatic rings. The Hall–Kier alpha value is -2.46. The first-order valence-electron chi connectivity index (χ1n) is 12.3. The number of alkyl carbamates (subject to hydrolysis) is 1. The van der Waals surface area contributed by atoms with E-state index in [2.05, 4.69) is 15.4 Å². The van der Waals surface area contributed by atoms with Crippen molar-refractivity contribution in [3.8, 4) is 0 Å². The molecule has 9 heteroatoms. The van der Waals surface area contributed by atoms with Crippen molar-refractivity contribution in [2.45, 2.75) is 83.1 Å². The molecular formula is C27H41N3O5S. The Morgan fingerprint density at radius 3 is 2.31 bits per heavy atom. The minimum absolute atomic E-state index is 0.00545. The van der Waals surface area contributed by atoms with Crippen LogP contribution in [0.25, 0.3) is 0 Å². The number of nitrogens with one attached hydrogen (secondary N) is 3. The van der Waals surface area contributed by atoms with Crippen molar-refractivity contribution in [3.63, 3.8) is 0 Å². The summed E-state index contributed by atoms with van der Waals surface area (Å²) in [6.45, 7) is 11.9. The van der Waals surface area contributed by atoms with Crippen LogP contribution in [-0.4, -0.2) is 50.4 Å². The van der Waals surface area contributed by atoms with Gasteiger partial charge >= 0.3 is 6.09 Å². The average molecular weight is 520 g/mol. The van der Waals surface area contributed by atoms with Crippen molar-refractivity contribution < 1.29 is 23.1 Å². The molecule has 0 radical (unpaired) electrons. The maximum absolute atomic E-state index is 12.5. The van der Waals surface area contributed by atoms with Gasteiger partial charge in [-0.3, -0.25) is 0 Å². The van der Waals surface area contributed by atoms with Crippen LogP contribution in [0.15, 0.2) is 53.4 Å². The number of aliphatic hydroxyl groups excluding tert-OH is 1. The van der Waals surface area contributed by atoms with Gasteiger partial charge in [0.25, 0.3) is 0 Å². The second-order valence-corrected chi connectivity index (χ2v) is 12.0. The Kier molecular flexibility index (Phi) is 10.9. The van der Waals surface area contributed by atoms with E-state index in [4.69, 9.17) is 4.74 Å². The third kappa shape index (κ3) is 9.89. The van der Waals surface area contributed by atoms with Crippen molar-refractivity contribution in [2.75, 3.05) is 13.1 Å². The predicted octanol–water partition coefficient (Wildman–Crippen LogP) is 3.69. The summed E-state index contributed by atoms with van der Waals surface area (Å²) >= 11 is 0. The standard InChI is InChI=1S/C27H41N3O5S/c1-7-29-36(33,34)23-14-21(13-22(16-23)19(2)3)18-35-26(32)28-17-25(31)24(30-27(4,5)6)15-20-11-9-8-10-12-20/h8-14,16,19,24-25,29-31H,7,15,17-18H2,1-6H3,(H,28,32). The molecule has 0 aliphatic heterocycles. The number of hydrogen-bond donors (Lipinski definition) is 4. The molecule has 0 aromatic heterocycles. The van der Waals surface area contributed by atoms with Crippen molar-refractivity contribution in [1.82, 2.24) is 15.4 Å². The first-order chi connectivity index (χ1) is 16.8. The summed E-state index contributed by atoms with van der Waals surface area (Å²) in [4.78, 5) is 12.5. The Labute approximate surface area is 215 Å². The molecule has 8 nitrogen and oxygen atoms in total. The van der Waals surface area contributed by atoms with Gasteiger partial charge in [-0.15, -0.1) is 0 Å². The van der Waals surface area contributed by atoms with Crippen LogP contribution in [0.4, 0.5) is 4.79 Å². The summed E-state index contributed by atoms with van der Waals surface area (Å²) in [7, 11) is -3.65. The van der Waals surface area contributed by atoms with Gasteiger partial charge in [-0.25, -0.2) is 17.9 Å². The molecule has 0 fully saturated rings. The lowest BCUT2D eigenvalue weighted by molar-refractivity contribution is 0.0991. The number of hydrogen-bond acceptors (Lipinski definition) is 6. The monoisotopic (exact) mass is 519 g/mol. The van der Waals surface area contributed by atoms with E-state index in [0.29, 0.717) is 12.0 Å². The molecular weight excluding hydrogens is 478 g/mol. The van der Waals surface area contributed by atoms with E-state index in [1.165, 1.54) is 6.07 Å². The number of sulfonamides is 1. The molecule has 0 saturated heterocycles. The fourth-order valence-electron chi connectivity index (χ4n) is 3.77. The summed E-state index contributed by atoms with van der Waals surface area (Å²) in [5.41, 5.74) is 2.26. The lowest BCUT2D eigenvalue weighted by Crippen LogP contribution is -2.53. The van der Waals surface area contributed by atoms with E-state index >= 15 is 0 Å². The van der Waals surface area contributed by atoms with E-state index in [0.717, 1.165) is 11.1 Å². The summed E-state index contributed by atoms with van der Waals surface area (Å²) in [6.07, 6.45) is -0.937. The largest absolute Gasteiger partial charge is 0.445 e. The van der Waals surface area contributed by atoms with Gasteiger partial charge in [0.15, 0.2) is 0 Å². The highest BCUT2D eigenvalue weighted by Crippen LogP contribution is 2.22. The smallest absolute Gasteiger partial charge is 0.407 e. The molecule has 0 heterocycles. The van der Waals surface area contributed by atoms with Crippen LogP contribution in [0.2, 0.25) is 0 Å². The van der Waals surface area contributed by atoms with Gasteiger partial charge in [-0.1, -0.05) is 57.2 Å². The molecule has 0 saturated carbocycles. The van der Waals surface area contributed by atoms with Gasteiger partial charge in [0.2, 0.25) is 10.0 Å². The van der Waals surface area contributed by atoms with E-state index in [1.807, 2.05) is 71.0 Å². The Morgan fingerprint density at radius 2 is 1.72 bits per heavy atom. The molecule has 36 heavy (non-hydrogen) atoms. The molecule has 2 atom stereocenters. The maximum atomic E-state index is 12.5. The fraction of sp³-hybridized carbons (Fsp3) is 0.519. The summed E-state index contributed by atoms with van der Waals surface area (Å²) < 4.78 is 32.8. The minimum Gasteiger partial charge on any atom is -0.445 e. The summed E-state index contributed by atoms with van der Waals surface area (Å²) in [5.74, 6) is 0.0985. The average Bonchev–Trinajstić information content (AvgIpc) is 2.80. The zero-order valence-corrected chi connectivity index (χ0v) is 23.0. The van der Waals surface area contributed by atoms with E-state index in [1.54, 1.807) is 13.0 Å². The third-order valence-corrected chi connectivity index (χ3v) is 7.03. The molecule has 2 aromatic carbocycles. The molecule has 200 valence electrons. The summed E-state index contributed by atoms with van der Waals surface area (Å²) in [6, 6.07) is 14.5. The molecule has 2 aromatic rings. The highest BCUT2D eigenvalue weighted by molar-refractivity contribution is 7.89. The van der Waals surface area contributed by atoms with Gasteiger partial charge in [0.1, 0.15) is 6.61 Å². The number of amides is 1. The number of carbonyl (C=O) groups is 1. The number of rotatable bonds is 12. The Balaban J connectivity index is 2.02. The topological polar surface area (TPSA) is 117 Å². The normalized spacial score (nSPS) is 13.9. The van der Waals surface area contributed by atoms with Crippen molar-refractivity contribution in [2.24, 2.45) is 0 Å². The highest BCUT2D eigenvalue weighted by Gasteiger charge is 2.25. The second-order valence-electron chi connectivity index (χ2n) is 10.3. The quantitative estimate of drug-likeness (QED) is 0.340. The number of aliphatic hydroxyl groups is 1. The van der Waals surface area contributed by atoms with Crippen LogP contribution < -0.4 is 15.4 Å². The predicted molar refractivity (Wildman–Crippen MR) is 142 cm³/mol. The van der Waals surface area contributed by atoms with Crippen LogP contribution in [-0.2, 0) is 27.8 Å². The maximum Gasteiger partial charge on any atom is 0.407 e. The van der Waals surface area contributed by atoms with Gasteiger partial charge in [-0.2, -0.15) is 0 Å². The van der Waals surface area contributed by atoms with Crippen LogP contribution in [0.5, 0.6) is 0 Å². The molecule has 1 amide bonds. The van der Waals surface area contributed by atoms with Crippen molar-refractivity contribution >= 4 is 16.1 Å². The molecule has 0 aliphatic carbocycles. The first-order valence-corrected chi connectivity index (χ1v) is 13.8. The van der Waals surface area contributed by atoms with Crippen LogP contribution >= 0.6 is 0 Å². The molecule has 2 rings (SSSR count). The molecule has 4 N–H and O–H groups in total. The van der Waals surface area contributed by atoms with Crippen LogP contribution in [0.3, 0.4) is 0 Å². The summed E-state index contributed by atoms with van der Waals surface area (Å²) in [5, 5.41) is 16.9. The minimum atomic E-state index is -3.65. The lowest BCUT2D eigenvalue weighted by Gasteiger charge is -2.32. The Bertz CT molecular complexity index is 1080. The number of carbonyl (C=O) groups excluding carboxylic acids is 1. The van der Waals surface area contributed by atoms with E-state index in [9.17, 15) is 18.3 Å². The SMILES string of the molecule is CCNS(=O)(=O)c1cc(COC(=O)NCC(O)C(Cc2ccccc2)NC(C)(C)C)cc(C(C)C)c1. The van der Waals surface area contributed by atoms with E-state index < -0.39 is 22.2 Å².